The van der Waals surface area contributed by atoms with Crippen molar-refractivity contribution in [3.63, 3.8) is 0 Å². The number of benzene rings is 1. The average Bonchev–Trinajstić information content (AvgIpc) is 2.87. The van der Waals surface area contributed by atoms with Gasteiger partial charge in [0.1, 0.15) is 12.4 Å². The van der Waals surface area contributed by atoms with Gasteiger partial charge in [0.05, 0.1) is 5.54 Å². The van der Waals surface area contributed by atoms with Gasteiger partial charge < -0.3 is 10.5 Å². The number of hydrogen-bond donors (Lipinski definition) is 1. The molecule has 5 heteroatoms. The molecule has 0 heterocycles. The summed E-state index contributed by atoms with van der Waals surface area (Å²) in [7, 11) is 0. The Kier molecular flexibility index (Phi) is 3.52. The molecule has 1 aliphatic rings. The molecule has 1 aliphatic carbocycles. The minimum Gasteiger partial charge on any atom is -0.488 e. The van der Waals surface area contributed by atoms with E-state index in [4.69, 9.17) is 10.5 Å². The van der Waals surface area contributed by atoms with Crippen molar-refractivity contribution in [2.24, 2.45) is 5.73 Å². The van der Waals surface area contributed by atoms with Crippen LogP contribution in [0.5, 0.6) is 5.75 Å². The van der Waals surface area contributed by atoms with Gasteiger partial charge in [0.15, 0.2) is 11.6 Å². The van der Waals surface area contributed by atoms with E-state index in [1.54, 1.807) is 0 Å². The second-order valence-electron chi connectivity index (χ2n) is 3.73. The second-order valence-corrected chi connectivity index (χ2v) is 3.73. The third-order valence-electron chi connectivity index (χ3n) is 2.30. The van der Waals surface area contributed by atoms with Crippen LogP contribution in [0.25, 0.3) is 0 Å². The van der Waals surface area contributed by atoms with E-state index in [-0.39, 0.29) is 30.3 Å². The molecule has 1 saturated carbocycles. The number of halogens is 3. The van der Waals surface area contributed by atoms with Gasteiger partial charge in [-0.2, -0.15) is 0 Å². The van der Waals surface area contributed by atoms with E-state index in [0.29, 0.717) is 0 Å². The molecule has 0 spiro atoms. The van der Waals surface area contributed by atoms with E-state index in [1.807, 2.05) is 0 Å². The lowest BCUT2D eigenvalue weighted by Gasteiger charge is -2.11. The Balaban J connectivity index is 0.00000112. The standard InChI is InChI=1S/C10H11F2NO.ClH/c11-7-1-2-8(12)9(5-7)14-6-10(13)3-4-10;/h1-2,5H,3-4,6,13H2;1H. The zero-order valence-electron chi connectivity index (χ0n) is 8.00. The SMILES string of the molecule is Cl.NC1(COc2cc(F)ccc2F)CC1. The van der Waals surface area contributed by atoms with Crippen LogP contribution < -0.4 is 10.5 Å². The molecule has 1 fully saturated rings. The van der Waals surface area contributed by atoms with Crippen LogP contribution >= 0.6 is 12.4 Å². The summed E-state index contributed by atoms with van der Waals surface area (Å²) < 4.78 is 30.8. The predicted molar refractivity (Wildman–Crippen MR) is 55.3 cm³/mol. The first kappa shape index (κ1) is 12.2. The molecule has 2 nitrogen and oxygen atoms in total. The van der Waals surface area contributed by atoms with Crippen molar-refractivity contribution in [1.82, 2.24) is 0 Å². The maximum atomic E-state index is 13.0. The third kappa shape index (κ3) is 3.04. The van der Waals surface area contributed by atoms with Crippen molar-refractivity contribution in [2.75, 3.05) is 6.61 Å². The van der Waals surface area contributed by atoms with E-state index in [1.165, 1.54) is 0 Å². The summed E-state index contributed by atoms with van der Waals surface area (Å²) in [6.45, 7) is 0.243. The topological polar surface area (TPSA) is 35.2 Å². The summed E-state index contributed by atoms with van der Waals surface area (Å²) in [6, 6.07) is 3.12. The highest BCUT2D eigenvalue weighted by atomic mass is 35.5. The second kappa shape index (κ2) is 4.33. The molecule has 0 bridgehead atoms. The number of hydrogen-bond acceptors (Lipinski definition) is 2. The molecule has 0 unspecified atom stereocenters. The molecule has 0 saturated heterocycles. The Bertz CT molecular complexity index is 355. The molecule has 0 aromatic heterocycles. The highest BCUT2D eigenvalue weighted by Crippen LogP contribution is 2.33. The van der Waals surface area contributed by atoms with Crippen LogP contribution in [0.2, 0.25) is 0 Å². The Hall–Kier alpha value is -0.870. The van der Waals surface area contributed by atoms with Crippen molar-refractivity contribution >= 4 is 12.4 Å². The average molecular weight is 236 g/mol. The lowest BCUT2D eigenvalue weighted by atomic mass is 10.3. The van der Waals surface area contributed by atoms with Crippen molar-refractivity contribution in [3.05, 3.63) is 29.8 Å². The quantitative estimate of drug-likeness (QED) is 0.872. The maximum Gasteiger partial charge on any atom is 0.165 e. The lowest BCUT2D eigenvalue weighted by molar-refractivity contribution is 0.266. The Morgan fingerprint density at radius 3 is 2.60 bits per heavy atom. The van der Waals surface area contributed by atoms with Gasteiger partial charge in [-0.3, -0.25) is 0 Å². The minimum atomic E-state index is -0.560. The first-order valence-corrected chi connectivity index (χ1v) is 4.46. The highest BCUT2D eigenvalue weighted by molar-refractivity contribution is 5.85. The molecular formula is C10H12ClF2NO. The smallest absolute Gasteiger partial charge is 0.165 e. The zero-order chi connectivity index (χ0) is 10.2. The van der Waals surface area contributed by atoms with Gasteiger partial charge in [-0.15, -0.1) is 12.4 Å². The van der Waals surface area contributed by atoms with Crippen molar-refractivity contribution in [2.45, 2.75) is 18.4 Å². The zero-order valence-corrected chi connectivity index (χ0v) is 8.82. The minimum absolute atomic E-state index is 0. The third-order valence-corrected chi connectivity index (χ3v) is 2.30. The van der Waals surface area contributed by atoms with E-state index in [0.717, 1.165) is 31.0 Å². The predicted octanol–water partition coefficient (Wildman–Crippen LogP) is 2.26. The molecule has 0 amide bonds. The van der Waals surface area contributed by atoms with Gasteiger partial charge in [-0.25, -0.2) is 8.78 Å². The van der Waals surface area contributed by atoms with Gasteiger partial charge in [-0.1, -0.05) is 0 Å². The summed E-state index contributed by atoms with van der Waals surface area (Å²) >= 11 is 0. The van der Waals surface area contributed by atoms with E-state index in [2.05, 4.69) is 0 Å². The highest BCUT2D eigenvalue weighted by Gasteiger charge is 2.39. The molecule has 15 heavy (non-hydrogen) atoms. The normalized spacial score (nSPS) is 16.7. The molecule has 2 rings (SSSR count). The summed E-state index contributed by atoms with van der Waals surface area (Å²) in [5.41, 5.74) is 5.42. The van der Waals surface area contributed by atoms with Gasteiger partial charge in [-0.05, 0) is 25.0 Å². The maximum absolute atomic E-state index is 13.0. The van der Waals surface area contributed by atoms with Gasteiger partial charge in [0.25, 0.3) is 0 Å². The monoisotopic (exact) mass is 235 g/mol. The van der Waals surface area contributed by atoms with Crippen LogP contribution in [0, 0.1) is 11.6 Å². The Labute approximate surface area is 92.8 Å². The Morgan fingerprint density at radius 2 is 2.00 bits per heavy atom. The van der Waals surface area contributed by atoms with Gasteiger partial charge in [0.2, 0.25) is 0 Å². The fraction of sp³-hybridized carbons (Fsp3) is 0.400. The van der Waals surface area contributed by atoms with Crippen molar-refractivity contribution in [1.29, 1.82) is 0 Å². The van der Waals surface area contributed by atoms with E-state index < -0.39 is 11.6 Å². The van der Waals surface area contributed by atoms with Gasteiger partial charge >= 0.3 is 0 Å². The molecular weight excluding hydrogens is 224 g/mol. The molecule has 1 aromatic carbocycles. The number of ether oxygens (including phenoxy) is 1. The van der Waals surface area contributed by atoms with Crippen LogP contribution in [0.3, 0.4) is 0 Å². The van der Waals surface area contributed by atoms with Crippen LogP contribution in [0.1, 0.15) is 12.8 Å². The van der Waals surface area contributed by atoms with Crippen LogP contribution in [0.4, 0.5) is 8.78 Å². The summed E-state index contributed by atoms with van der Waals surface area (Å²) in [5, 5.41) is 0. The van der Waals surface area contributed by atoms with Crippen LogP contribution in [0.15, 0.2) is 18.2 Å². The van der Waals surface area contributed by atoms with Gasteiger partial charge in [0, 0.05) is 6.07 Å². The Morgan fingerprint density at radius 1 is 1.33 bits per heavy atom. The molecule has 0 radical (unpaired) electrons. The van der Waals surface area contributed by atoms with Crippen molar-refractivity contribution in [3.8, 4) is 5.75 Å². The summed E-state index contributed by atoms with van der Waals surface area (Å²) in [5.74, 6) is -1.14. The largest absolute Gasteiger partial charge is 0.488 e. The molecule has 0 aliphatic heterocycles. The molecule has 84 valence electrons. The summed E-state index contributed by atoms with van der Waals surface area (Å²) in [4.78, 5) is 0. The summed E-state index contributed by atoms with van der Waals surface area (Å²) in [6.07, 6.45) is 1.76. The fourth-order valence-corrected chi connectivity index (χ4v) is 1.11. The molecule has 0 atom stereocenters. The molecule has 2 N–H and O–H groups in total. The van der Waals surface area contributed by atoms with Crippen molar-refractivity contribution < 1.29 is 13.5 Å². The molecule has 1 aromatic rings. The van der Waals surface area contributed by atoms with Crippen LogP contribution in [-0.4, -0.2) is 12.1 Å². The van der Waals surface area contributed by atoms with E-state index >= 15 is 0 Å². The van der Waals surface area contributed by atoms with Crippen LogP contribution in [-0.2, 0) is 0 Å². The number of rotatable bonds is 3. The van der Waals surface area contributed by atoms with E-state index in [9.17, 15) is 8.78 Å². The number of nitrogens with two attached hydrogens (primary N) is 1. The fourth-order valence-electron chi connectivity index (χ4n) is 1.11. The first-order valence-electron chi connectivity index (χ1n) is 4.46. The lowest BCUT2D eigenvalue weighted by Crippen LogP contribution is -2.30. The first-order chi connectivity index (χ1) is 6.59.